The average molecular weight is 366 g/mol. The third kappa shape index (κ3) is 2.70. The smallest absolute Gasteiger partial charge is 0.275 e. The number of fused-ring (bicyclic) bond motifs is 1. The first-order valence-electron chi connectivity index (χ1n) is 9.29. The van der Waals surface area contributed by atoms with Crippen LogP contribution in [0.15, 0.2) is 71.8 Å². The van der Waals surface area contributed by atoms with Crippen molar-refractivity contribution in [3.8, 4) is 5.75 Å². The lowest BCUT2D eigenvalue weighted by atomic mass is 10.0. The van der Waals surface area contributed by atoms with Crippen LogP contribution in [0.5, 0.6) is 5.75 Å². The summed E-state index contributed by atoms with van der Waals surface area (Å²) in [6, 6.07) is 21.4. The van der Waals surface area contributed by atoms with Gasteiger partial charge in [0.15, 0.2) is 0 Å². The van der Waals surface area contributed by atoms with Crippen molar-refractivity contribution in [3.63, 3.8) is 0 Å². The van der Waals surface area contributed by atoms with Crippen LogP contribution in [0.1, 0.15) is 27.0 Å². The van der Waals surface area contributed by atoms with Crippen LogP contribution in [-0.2, 0) is 12.8 Å². The third-order valence-electron chi connectivity index (χ3n) is 5.39. The SMILES string of the molecule is O=C(NN=Cc1ccc2c3c(cccc13)CC2)c1cc2ccccc2cc1O. The number of rotatable bonds is 3. The predicted molar refractivity (Wildman–Crippen MR) is 112 cm³/mol. The number of phenolic OH excluding ortho intramolecular Hbond substituents is 1. The summed E-state index contributed by atoms with van der Waals surface area (Å²) in [6.07, 6.45) is 3.81. The number of aromatic hydroxyl groups is 1. The normalized spacial score (nSPS) is 12.9. The zero-order valence-electron chi connectivity index (χ0n) is 15.1. The maximum absolute atomic E-state index is 12.5. The van der Waals surface area contributed by atoms with Crippen LogP contribution >= 0.6 is 0 Å². The molecule has 0 heterocycles. The Morgan fingerprint density at radius 3 is 2.50 bits per heavy atom. The highest BCUT2D eigenvalue weighted by atomic mass is 16.3. The Kier molecular flexibility index (Phi) is 3.83. The quantitative estimate of drug-likeness (QED) is 0.412. The zero-order valence-corrected chi connectivity index (χ0v) is 15.1. The third-order valence-corrected chi connectivity index (χ3v) is 5.39. The molecule has 0 radical (unpaired) electrons. The average Bonchev–Trinajstić information content (AvgIpc) is 3.14. The number of aryl methyl sites for hydroxylation is 2. The van der Waals surface area contributed by atoms with Gasteiger partial charge in [-0.2, -0.15) is 5.10 Å². The van der Waals surface area contributed by atoms with Crippen molar-refractivity contribution >= 4 is 33.7 Å². The van der Waals surface area contributed by atoms with Gasteiger partial charge in [0.1, 0.15) is 5.75 Å². The summed E-state index contributed by atoms with van der Waals surface area (Å²) >= 11 is 0. The van der Waals surface area contributed by atoms with Gasteiger partial charge >= 0.3 is 0 Å². The van der Waals surface area contributed by atoms with Gasteiger partial charge in [-0.1, -0.05) is 54.6 Å². The van der Waals surface area contributed by atoms with Crippen molar-refractivity contribution in [1.29, 1.82) is 0 Å². The van der Waals surface area contributed by atoms with Crippen molar-refractivity contribution in [3.05, 3.63) is 89.0 Å². The molecule has 0 unspecified atom stereocenters. The summed E-state index contributed by atoms with van der Waals surface area (Å²) in [5, 5.41) is 18.6. The topological polar surface area (TPSA) is 61.7 Å². The summed E-state index contributed by atoms with van der Waals surface area (Å²) in [7, 11) is 0. The molecule has 0 aromatic heterocycles. The van der Waals surface area contributed by atoms with Gasteiger partial charge in [0.2, 0.25) is 0 Å². The number of hydrogen-bond acceptors (Lipinski definition) is 3. The molecule has 0 aliphatic heterocycles. The van der Waals surface area contributed by atoms with E-state index in [0.717, 1.165) is 34.6 Å². The van der Waals surface area contributed by atoms with Gasteiger partial charge in [-0.15, -0.1) is 0 Å². The number of hydrazone groups is 1. The van der Waals surface area contributed by atoms with E-state index >= 15 is 0 Å². The van der Waals surface area contributed by atoms with Gasteiger partial charge < -0.3 is 5.11 Å². The van der Waals surface area contributed by atoms with Crippen molar-refractivity contribution in [1.82, 2.24) is 5.43 Å². The second-order valence-electron chi connectivity index (χ2n) is 7.07. The molecule has 4 heteroatoms. The van der Waals surface area contributed by atoms with Crippen molar-refractivity contribution < 1.29 is 9.90 Å². The molecule has 4 nitrogen and oxygen atoms in total. The number of hydrogen-bond donors (Lipinski definition) is 2. The number of nitrogens with one attached hydrogen (secondary N) is 1. The number of benzene rings is 4. The van der Waals surface area contributed by atoms with Gasteiger partial charge in [-0.25, -0.2) is 5.43 Å². The minimum atomic E-state index is -0.439. The van der Waals surface area contributed by atoms with E-state index in [1.54, 1.807) is 18.3 Å². The van der Waals surface area contributed by atoms with Gasteiger partial charge in [-0.05, 0) is 57.6 Å². The van der Waals surface area contributed by atoms with E-state index in [1.165, 1.54) is 16.5 Å². The van der Waals surface area contributed by atoms with Crippen molar-refractivity contribution in [2.45, 2.75) is 12.8 Å². The molecule has 0 saturated heterocycles. The Balaban J connectivity index is 1.43. The summed E-state index contributed by atoms with van der Waals surface area (Å²) in [5.41, 5.74) is 6.44. The van der Waals surface area contributed by atoms with E-state index < -0.39 is 5.91 Å². The molecule has 0 atom stereocenters. The van der Waals surface area contributed by atoms with Gasteiger partial charge in [0.25, 0.3) is 5.91 Å². The monoisotopic (exact) mass is 366 g/mol. The fraction of sp³-hybridized carbons (Fsp3) is 0.0833. The van der Waals surface area contributed by atoms with Crippen LogP contribution in [0, 0.1) is 0 Å². The molecule has 4 aromatic rings. The highest BCUT2D eigenvalue weighted by molar-refractivity contribution is 6.05. The van der Waals surface area contributed by atoms with Crippen LogP contribution in [-0.4, -0.2) is 17.2 Å². The molecule has 0 saturated carbocycles. The highest BCUT2D eigenvalue weighted by Gasteiger charge is 2.15. The summed E-state index contributed by atoms with van der Waals surface area (Å²) in [5.74, 6) is -0.498. The Bertz CT molecular complexity index is 1260. The van der Waals surface area contributed by atoms with Crippen LogP contribution in [0.25, 0.3) is 21.5 Å². The molecule has 1 aliphatic carbocycles. The summed E-state index contributed by atoms with van der Waals surface area (Å²) in [6.45, 7) is 0. The molecule has 2 N–H and O–H groups in total. The Morgan fingerprint density at radius 1 is 0.929 bits per heavy atom. The van der Waals surface area contributed by atoms with E-state index in [2.05, 4.69) is 34.8 Å². The van der Waals surface area contributed by atoms with E-state index in [4.69, 9.17) is 0 Å². The lowest BCUT2D eigenvalue weighted by Crippen LogP contribution is -2.17. The Morgan fingerprint density at radius 2 is 1.68 bits per heavy atom. The van der Waals surface area contributed by atoms with Gasteiger partial charge in [0, 0.05) is 5.56 Å². The second-order valence-corrected chi connectivity index (χ2v) is 7.07. The first kappa shape index (κ1) is 16.5. The molecule has 28 heavy (non-hydrogen) atoms. The van der Waals surface area contributed by atoms with E-state index in [0.29, 0.717) is 0 Å². The largest absolute Gasteiger partial charge is 0.507 e. The van der Waals surface area contributed by atoms with Crippen molar-refractivity contribution in [2.75, 3.05) is 0 Å². The number of carbonyl (C=O) groups excluding carboxylic acids is 1. The van der Waals surface area contributed by atoms with E-state index in [1.807, 2.05) is 30.3 Å². The van der Waals surface area contributed by atoms with Crippen LogP contribution < -0.4 is 5.43 Å². The zero-order chi connectivity index (χ0) is 19.1. The number of carbonyl (C=O) groups is 1. The molecule has 4 aromatic carbocycles. The fourth-order valence-corrected chi connectivity index (χ4v) is 4.01. The number of amides is 1. The predicted octanol–water partition coefficient (Wildman–Crippen LogP) is 4.56. The molecule has 0 bridgehead atoms. The molecular weight excluding hydrogens is 348 g/mol. The minimum Gasteiger partial charge on any atom is -0.507 e. The number of nitrogens with zero attached hydrogens (tertiary/aromatic N) is 1. The molecule has 1 aliphatic rings. The summed E-state index contributed by atoms with van der Waals surface area (Å²) in [4.78, 5) is 12.5. The molecular formula is C24H18N2O2. The molecule has 1 amide bonds. The maximum atomic E-state index is 12.5. The van der Waals surface area contributed by atoms with E-state index in [9.17, 15) is 9.90 Å². The van der Waals surface area contributed by atoms with E-state index in [-0.39, 0.29) is 11.3 Å². The minimum absolute atomic E-state index is 0.0586. The standard InChI is InChI=1S/C24H18N2O2/c27-22-13-18-5-2-1-4-17(18)12-21(22)24(28)26-25-14-19-11-10-16-9-8-15-6-3-7-20(19)23(15)16/h1-7,10-14,27H,8-9H2,(H,26,28). The maximum Gasteiger partial charge on any atom is 0.275 e. The van der Waals surface area contributed by atoms with Crippen molar-refractivity contribution in [2.24, 2.45) is 5.10 Å². The summed E-state index contributed by atoms with van der Waals surface area (Å²) < 4.78 is 0. The lowest BCUT2D eigenvalue weighted by Gasteiger charge is -2.07. The lowest BCUT2D eigenvalue weighted by molar-refractivity contribution is 0.0952. The first-order chi connectivity index (χ1) is 13.7. The molecule has 0 spiro atoms. The second kappa shape index (κ2) is 6.50. The molecule has 5 rings (SSSR count). The Hall–Kier alpha value is -3.66. The molecule has 136 valence electrons. The Labute approximate surface area is 162 Å². The van der Waals surface area contributed by atoms with Crippen LogP contribution in [0.4, 0.5) is 0 Å². The van der Waals surface area contributed by atoms with Crippen LogP contribution in [0.2, 0.25) is 0 Å². The number of phenols is 1. The first-order valence-corrected chi connectivity index (χ1v) is 9.29. The fourth-order valence-electron chi connectivity index (χ4n) is 4.01. The van der Waals surface area contributed by atoms with Gasteiger partial charge in [-0.3, -0.25) is 4.79 Å². The van der Waals surface area contributed by atoms with Gasteiger partial charge in [0.05, 0.1) is 11.8 Å². The molecule has 0 fully saturated rings. The van der Waals surface area contributed by atoms with Crippen LogP contribution in [0.3, 0.4) is 0 Å². The highest BCUT2D eigenvalue weighted by Crippen LogP contribution is 2.32.